The maximum atomic E-state index is 11.9. The number of urea groups is 1. The third kappa shape index (κ3) is 2.74. The van der Waals surface area contributed by atoms with E-state index in [0.29, 0.717) is 30.3 Å². The number of hydrogen-bond donors (Lipinski definition) is 1. The molecule has 0 aliphatic carbocycles. The van der Waals surface area contributed by atoms with E-state index in [1.165, 1.54) is 0 Å². The van der Waals surface area contributed by atoms with Crippen molar-refractivity contribution in [2.24, 2.45) is 0 Å². The number of carbonyl (C=O) groups excluding carboxylic acids is 1. The molecule has 0 bridgehead atoms. The van der Waals surface area contributed by atoms with Crippen LogP contribution in [0.3, 0.4) is 0 Å². The number of ether oxygens (including phenoxy) is 2. The monoisotopic (exact) mass is 248 g/mol. The number of carbonyl (C=O) groups is 1. The van der Waals surface area contributed by atoms with Crippen molar-refractivity contribution in [1.29, 1.82) is 0 Å². The predicted molar refractivity (Wildman–Crippen MR) is 69.3 cm³/mol. The summed E-state index contributed by atoms with van der Waals surface area (Å²) in [6.07, 6.45) is 3.93. The first kappa shape index (κ1) is 12.3. The fourth-order valence-electron chi connectivity index (χ4n) is 1.73. The summed E-state index contributed by atoms with van der Waals surface area (Å²) in [5, 5.41) is 2.82. The minimum atomic E-state index is -0.129. The number of amides is 2. The van der Waals surface area contributed by atoms with Gasteiger partial charge in [-0.05, 0) is 0 Å². The van der Waals surface area contributed by atoms with Gasteiger partial charge in [0.2, 0.25) is 0 Å². The molecule has 1 N–H and O–H groups in total. The van der Waals surface area contributed by atoms with Crippen molar-refractivity contribution >= 4 is 11.7 Å². The lowest BCUT2D eigenvalue weighted by molar-refractivity contribution is 0.224. The van der Waals surface area contributed by atoms with Crippen LogP contribution in [-0.4, -0.2) is 38.2 Å². The van der Waals surface area contributed by atoms with Crippen LogP contribution in [0.1, 0.15) is 0 Å². The second-order valence-corrected chi connectivity index (χ2v) is 3.91. The van der Waals surface area contributed by atoms with Crippen molar-refractivity contribution in [2.75, 3.05) is 32.6 Å². The molecule has 1 aliphatic rings. The zero-order chi connectivity index (χ0) is 13.0. The minimum Gasteiger partial charge on any atom is -0.497 e. The average molecular weight is 248 g/mol. The highest BCUT2D eigenvalue weighted by Gasteiger charge is 2.14. The quantitative estimate of drug-likeness (QED) is 0.833. The van der Waals surface area contributed by atoms with Gasteiger partial charge in [0.1, 0.15) is 11.5 Å². The van der Waals surface area contributed by atoms with Gasteiger partial charge in [0.25, 0.3) is 0 Å². The SMILES string of the molecule is COc1cc(NC(=O)N2CC=CC2)cc(OC)c1. The lowest BCUT2D eigenvalue weighted by Gasteiger charge is -2.17. The van der Waals surface area contributed by atoms with Gasteiger partial charge in [-0.2, -0.15) is 0 Å². The van der Waals surface area contributed by atoms with Crippen LogP contribution in [-0.2, 0) is 0 Å². The molecule has 0 spiro atoms. The molecule has 1 aromatic carbocycles. The van der Waals surface area contributed by atoms with E-state index in [2.05, 4.69) is 5.32 Å². The van der Waals surface area contributed by atoms with Gasteiger partial charge in [0.05, 0.1) is 14.2 Å². The number of nitrogens with one attached hydrogen (secondary N) is 1. The van der Waals surface area contributed by atoms with Gasteiger partial charge in [-0.15, -0.1) is 0 Å². The largest absolute Gasteiger partial charge is 0.497 e. The maximum absolute atomic E-state index is 11.9. The van der Waals surface area contributed by atoms with Gasteiger partial charge in [0, 0.05) is 37.0 Å². The van der Waals surface area contributed by atoms with Crippen molar-refractivity contribution in [3.63, 3.8) is 0 Å². The standard InChI is InChI=1S/C13H16N2O3/c1-17-11-7-10(8-12(9-11)18-2)14-13(16)15-5-3-4-6-15/h3-4,7-9H,5-6H2,1-2H3,(H,14,16). The van der Waals surface area contributed by atoms with E-state index in [1.54, 1.807) is 37.3 Å². The normalized spacial score (nSPS) is 13.6. The van der Waals surface area contributed by atoms with Crippen molar-refractivity contribution in [3.8, 4) is 11.5 Å². The summed E-state index contributed by atoms with van der Waals surface area (Å²) in [4.78, 5) is 13.6. The maximum Gasteiger partial charge on any atom is 0.322 e. The van der Waals surface area contributed by atoms with E-state index in [0.717, 1.165) is 0 Å². The summed E-state index contributed by atoms with van der Waals surface area (Å²) in [7, 11) is 3.15. The highest BCUT2D eigenvalue weighted by Crippen LogP contribution is 2.26. The molecular weight excluding hydrogens is 232 g/mol. The van der Waals surface area contributed by atoms with E-state index in [9.17, 15) is 4.79 Å². The molecule has 2 rings (SSSR count). The van der Waals surface area contributed by atoms with E-state index in [-0.39, 0.29) is 6.03 Å². The van der Waals surface area contributed by atoms with Crippen LogP contribution in [0.5, 0.6) is 11.5 Å². The zero-order valence-electron chi connectivity index (χ0n) is 10.5. The van der Waals surface area contributed by atoms with Crippen LogP contribution in [0.25, 0.3) is 0 Å². The lowest BCUT2D eigenvalue weighted by atomic mass is 10.3. The highest BCUT2D eigenvalue weighted by atomic mass is 16.5. The van der Waals surface area contributed by atoms with Crippen molar-refractivity contribution < 1.29 is 14.3 Å². The Kier molecular flexibility index (Phi) is 3.72. The zero-order valence-corrected chi connectivity index (χ0v) is 10.5. The third-order valence-corrected chi connectivity index (χ3v) is 2.71. The van der Waals surface area contributed by atoms with Crippen molar-refractivity contribution in [2.45, 2.75) is 0 Å². The molecule has 0 saturated carbocycles. The molecule has 0 unspecified atom stereocenters. The number of benzene rings is 1. The van der Waals surface area contributed by atoms with E-state index < -0.39 is 0 Å². The second-order valence-electron chi connectivity index (χ2n) is 3.91. The molecule has 0 saturated heterocycles. The van der Waals surface area contributed by atoms with Crippen LogP contribution in [0, 0.1) is 0 Å². The Morgan fingerprint density at radius 2 is 1.67 bits per heavy atom. The summed E-state index contributed by atoms with van der Waals surface area (Å²) >= 11 is 0. The van der Waals surface area contributed by atoms with Gasteiger partial charge in [-0.1, -0.05) is 12.2 Å². The molecule has 0 radical (unpaired) electrons. The van der Waals surface area contributed by atoms with Gasteiger partial charge < -0.3 is 19.7 Å². The smallest absolute Gasteiger partial charge is 0.322 e. The molecular formula is C13H16N2O3. The first-order chi connectivity index (χ1) is 8.72. The fraction of sp³-hybridized carbons (Fsp3) is 0.308. The molecule has 1 aromatic rings. The Hall–Kier alpha value is -2.17. The molecule has 0 fully saturated rings. The minimum absolute atomic E-state index is 0.129. The van der Waals surface area contributed by atoms with Crippen LogP contribution in [0.4, 0.5) is 10.5 Å². The molecule has 96 valence electrons. The number of nitrogens with zero attached hydrogens (tertiary/aromatic N) is 1. The summed E-state index contributed by atoms with van der Waals surface area (Å²) in [5.41, 5.74) is 0.656. The Bertz CT molecular complexity index is 441. The van der Waals surface area contributed by atoms with Gasteiger partial charge in [-0.25, -0.2) is 4.79 Å². The first-order valence-corrected chi connectivity index (χ1v) is 5.67. The topological polar surface area (TPSA) is 50.8 Å². The highest BCUT2D eigenvalue weighted by molar-refractivity contribution is 5.90. The fourth-order valence-corrected chi connectivity index (χ4v) is 1.73. The molecule has 2 amide bonds. The molecule has 18 heavy (non-hydrogen) atoms. The Balaban J connectivity index is 2.10. The number of hydrogen-bond acceptors (Lipinski definition) is 3. The van der Waals surface area contributed by atoms with Crippen LogP contribution in [0.15, 0.2) is 30.4 Å². The van der Waals surface area contributed by atoms with Gasteiger partial charge in [-0.3, -0.25) is 0 Å². The number of anilines is 1. The van der Waals surface area contributed by atoms with Crippen LogP contribution >= 0.6 is 0 Å². The summed E-state index contributed by atoms with van der Waals surface area (Å²) < 4.78 is 10.3. The van der Waals surface area contributed by atoms with Gasteiger partial charge in [0.15, 0.2) is 0 Å². The predicted octanol–water partition coefficient (Wildman–Crippen LogP) is 2.11. The summed E-state index contributed by atoms with van der Waals surface area (Å²) in [5.74, 6) is 1.29. The van der Waals surface area contributed by atoms with Crippen LogP contribution < -0.4 is 14.8 Å². The molecule has 1 aliphatic heterocycles. The summed E-state index contributed by atoms with van der Waals surface area (Å²) in [6, 6.07) is 5.14. The second kappa shape index (κ2) is 5.44. The molecule has 1 heterocycles. The molecule has 5 heteroatoms. The van der Waals surface area contributed by atoms with Gasteiger partial charge >= 0.3 is 6.03 Å². The molecule has 5 nitrogen and oxygen atoms in total. The van der Waals surface area contributed by atoms with E-state index >= 15 is 0 Å². The number of methoxy groups -OCH3 is 2. The molecule has 0 aromatic heterocycles. The first-order valence-electron chi connectivity index (χ1n) is 5.67. The van der Waals surface area contributed by atoms with Crippen molar-refractivity contribution in [3.05, 3.63) is 30.4 Å². The van der Waals surface area contributed by atoms with E-state index in [1.807, 2.05) is 12.2 Å². The Labute approximate surface area is 106 Å². The lowest BCUT2D eigenvalue weighted by Crippen LogP contribution is -2.32. The molecule has 0 atom stereocenters. The summed E-state index contributed by atoms with van der Waals surface area (Å²) in [6.45, 7) is 1.29. The third-order valence-electron chi connectivity index (χ3n) is 2.71. The Morgan fingerprint density at radius 3 is 2.17 bits per heavy atom. The van der Waals surface area contributed by atoms with Crippen LogP contribution in [0.2, 0.25) is 0 Å². The van der Waals surface area contributed by atoms with E-state index in [4.69, 9.17) is 9.47 Å². The Morgan fingerprint density at radius 1 is 1.11 bits per heavy atom. The number of rotatable bonds is 3. The van der Waals surface area contributed by atoms with Crippen molar-refractivity contribution in [1.82, 2.24) is 4.90 Å². The average Bonchev–Trinajstić information content (AvgIpc) is 2.92.